The van der Waals surface area contributed by atoms with E-state index in [1.807, 2.05) is 0 Å². The molecule has 1 atom stereocenters. The molecule has 1 saturated carbocycles. The number of rotatable bonds is 4. The van der Waals surface area contributed by atoms with Gasteiger partial charge in [-0.15, -0.1) is 0 Å². The fourth-order valence-corrected chi connectivity index (χ4v) is 3.88. The summed E-state index contributed by atoms with van der Waals surface area (Å²) in [5.41, 5.74) is 7.43. The Bertz CT molecular complexity index is 182. The van der Waals surface area contributed by atoms with Crippen LogP contribution in [0.25, 0.3) is 0 Å². The van der Waals surface area contributed by atoms with E-state index in [4.69, 9.17) is 5.73 Å². The van der Waals surface area contributed by atoms with Crippen molar-refractivity contribution in [1.82, 2.24) is 0 Å². The van der Waals surface area contributed by atoms with E-state index in [9.17, 15) is 0 Å². The number of alkyl halides is 2. The average molecular weight is 278 g/mol. The Morgan fingerprint density at radius 2 is 2.17 bits per heavy atom. The quantitative estimate of drug-likeness (QED) is 0.374. The minimum absolute atomic E-state index is 0.326. The molecule has 0 radical (unpaired) electrons. The van der Waals surface area contributed by atoms with Crippen molar-refractivity contribution in [3.63, 3.8) is 0 Å². The number of hydrogen-bond donors (Lipinski definition) is 1. The monoisotopic (exact) mass is 278 g/mol. The Hall–Kier alpha value is 0.430. The second kappa shape index (κ2) is 3.66. The van der Waals surface area contributed by atoms with Crippen molar-refractivity contribution in [2.24, 2.45) is 17.6 Å². The molecule has 0 bridgehead atoms. The van der Waals surface area contributed by atoms with E-state index < -0.39 is 0 Å². The van der Waals surface area contributed by atoms with Crippen LogP contribution in [-0.2, 0) is 0 Å². The van der Waals surface area contributed by atoms with Crippen LogP contribution < -0.4 is 26.9 Å². The second-order valence-electron chi connectivity index (χ2n) is 4.05. The topological polar surface area (TPSA) is 26.0 Å². The van der Waals surface area contributed by atoms with Gasteiger partial charge in [-0.3, -0.25) is 0 Å². The third-order valence-corrected chi connectivity index (χ3v) is 6.56. The van der Waals surface area contributed by atoms with Crippen LogP contribution in [0.5, 0.6) is 0 Å². The third kappa shape index (κ3) is 2.02. The predicted octanol–water partition coefficient (Wildman–Crippen LogP) is -1.61. The van der Waals surface area contributed by atoms with Crippen LogP contribution in [0.1, 0.15) is 19.3 Å². The van der Waals surface area contributed by atoms with Crippen LogP contribution >= 0.6 is 0 Å². The molecular formula is C10H17IN-. The van der Waals surface area contributed by atoms with Crippen molar-refractivity contribution in [3.8, 4) is 0 Å². The summed E-state index contributed by atoms with van der Waals surface area (Å²) in [5, 5.41) is 0. The van der Waals surface area contributed by atoms with E-state index in [2.05, 4.69) is 6.58 Å². The number of halogens is 1. The normalized spacial score (nSPS) is 27.1. The molecule has 1 aliphatic heterocycles. The van der Waals surface area contributed by atoms with Crippen LogP contribution in [0.4, 0.5) is 0 Å². The summed E-state index contributed by atoms with van der Waals surface area (Å²) in [5.74, 6) is 1.78. The third-order valence-electron chi connectivity index (χ3n) is 2.82. The van der Waals surface area contributed by atoms with E-state index >= 15 is 0 Å². The van der Waals surface area contributed by atoms with Crippen LogP contribution in [0.3, 0.4) is 0 Å². The van der Waals surface area contributed by atoms with Gasteiger partial charge >= 0.3 is 85.1 Å². The van der Waals surface area contributed by atoms with Gasteiger partial charge in [0.2, 0.25) is 0 Å². The zero-order chi connectivity index (χ0) is 8.55. The summed E-state index contributed by atoms with van der Waals surface area (Å²) in [6, 6.07) is 0.326. The molecule has 2 rings (SSSR count). The fourth-order valence-electron chi connectivity index (χ4n) is 1.66. The molecule has 2 N–H and O–H groups in total. The molecule has 70 valence electrons. The zero-order valence-electron chi connectivity index (χ0n) is 7.43. The molecule has 0 aromatic rings. The molecule has 0 spiro atoms. The van der Waals surface area contributed by atoms with Gasteiger partial charge in [0.1, 0.15) is 0 Å². The molecule has 2 aliphatic rings. The summed E-state index contributed by atoms with van der Waals surface area (Å²) in [6.45, 7) is 4.11. The van der Waals surface area contributed by atoms with Crippen LogP contribution in [0.2, 0.25) is 0 Å². The van der Waals surface area contributed by atoms with E-state index in [0.717, 1.165) is 11.8 Å². The van der Waals surface area contributed by atoms with Crippen LogP contribution in [0, 0.1) is 11.8 Å². The molecule has 0 amide bonds. The van der Waals surface area contributed by atoms with E-state index in [1.165, 1.54) is 33.7 Å². The van der Waals surface area contributed by atoms with Gasteiger partial charge in [-0.2, -0.15) is 0 Å². The first kappa shape index (κ1) is 9.00. The molecule has 1 heterocycles. The summed E-state index contributed by atoms with van der Waals surface area (Å²) in [6.07, 6.45) is 3.93. The Morgan fingerprint density at radius 1 is 1.50 bits per heavy atom. The predicted molar refractivity (Wildman–Crippen MR) is 47.7 cm³/mol. The summed E-state index contributed by atoms with van der Waals surface area (Å²) < 4.78 is 3.04. The van der Waals surface area contributed by atoms with Gasteiger partial charge in [0.15, 0.2) is 0 Å². The van der Waals surface area contributed by atoms with Gasteiger partial charge in [-0.05, 0) is 0 Å². The first-order chi connectivity index (χ1) is 5.77. The van der Waals surface area contributed by atoms with E-state index in [1.54, 1.807) is 0 Å². The molecule has 12 heavy (non-hydrogen) atoms. The van der Waals surface area contributed by atoms with E-state index in [-0.39, 0.29) is 0 Å². The van der Waals surface area contributed by atoms with Gasteiger partial charge in [-0.25, -0.2) is 0 Å². The van der Waals surface area contributed by atoms with Crippen molar-refractivity contribution in [2.45, 2.75) is 25.3 Å². The number of hydrogen-bond acceptors (Lipinski definition) is 1. The summed E-state index contributed by atoms with van der Waals surface area (Å²) >= 11 is 0.614. The molecule has 1 saturated heterocycles. The Labute approximate surface area is 85.0 Å². The molecule has 1 aliphatic carbocycles. The SMILES string of the molecule is C=C(C1CC1)[C@@H](N)CC1C[I-]C1. The second-order valence-corrected chi connectivity index (χ2v) is 6.90. The minimum atomic E-state index is 0.326. The molecular weight excluding hydrogens is 261 g/mol. The van der Waals surface area contributed by atoms with Crippen molar-refractivity contribution < 1.29 is 21.2 Å². The first-order valence-corrected chi connectivity index (χ1v) is 7.80. The molecule has 1 nitrogen and oxygen atoms in total. The van der Waals surface area contributed by atoms with Gasteiger partial charge in [-0.1, -0.05) is 0 Å². The van der Waals surface area contributed by atoms with Crippen molar-refractivity contribution >= 4 is 0 Å². The van der Waals surface area contributed by atoms with Crippen molar-refractivity contribution in [2.75, 3.05) is 8.86 Å². The van der Waals surface area contributed by atoms with Crippen molar-refractivity contribution in [3.05, 3.63) is 12.2 Å². The molecule has 0 aromatic carbocycles. The Kier molecular flexibility index (Phi) is 2.75. The van der Waals surface area contributed by atoms with Gasteiger partial charge in [0, 0.05) is 0 Å². The maximum atomic E-state index is 6.08. The standard InChI is InChI=1S/C10H17IN/c1-7(9-2-3-9)10(12)4-8-5-11-6-8/h8-10H,1-6,12H2/q-1/t10-/m0/s1. The molecule has 2 heteroatoms. The average Bonchev–Trinajstić information content (AvgIpc) is 2.77. The van der Waals surface area contributed by atoms with Crippen LogP contribution in [0.15, 0.2) is 12.2 Å². The molecule has 0 aromatic heterocycles. The van der Waals surface area contributed by atoms with Crippen molar-refractivity contribution in [1.29, 1.82) is 0 Å². The van der Waals surface area contributed by atoms with Gasteiger partial charge in [0.05, 0.1) is 0 Å². The summed E-state index contributed by atoms with van der Waals surface area (Å²) in [4.78, 5) is 0. The Morgan fingerprint density at radius 3 is 2.58 bits per heavy atom. The number of nitrogens with two attached hydrogens (primary N) is 1. The maximum absolute atomic E-state index is 6.08. The van der Waals surface area contributed by atoms with E-state index in [0.29, 0.717) is 27.2 Å². The molecule has 2 fully saturated rings. The zero-order valence-corrected chi connectivity index (χ0v) is 9.59. The Balaban J connectivity index is 1.74. The van der Waals surface area contributed by atoms with Crippen LogP contribution in [-0.4, -0.2) is 14.9 Å². The molecule has 0 unspecified atom stereocenters. The van der Waals surface area contributed by atoms with Gasteiger partial charge in [0.25, 0.3) is 0 Å². The van der Waals surface area contributed by atoms with Gasteiger partial charge < -0.3 is 0 Å². The first-order valence-electron chi connectivity index (χ1n) is 4.75. The summed E-state index contributed by atoms with van der Waals surface area (Å²) in [7, 11) is 0. The fraction of sp³-hybridized carbons (Fsp3) is 0.800.